The quantitative estimate of drug-likeness (QED) is 0.671. The van der Waals surface area contributed by atoms with E-state index in [0.717, 1.165) is 60.2 Å². The number of benzene rings is 2. The number of rotatable bonds is 7. The predicted molar refractivity (Wildman–Crippen MR) is 134 cm³/mol. The molecule has 176 valence electrons. The molecule has 1 unspecified atom stereocenters. The Labute approximate surface area is 195 Å². The summed E-state index contributed by atoms with van der Waals surface area (Å²) in [6.45, 7) is 7.83. The topological polar surface area (TPSA) is 81.9 Å². The third-order valence-corrected chi connectivity index (χ3v) is 5.92. The number of hydrogen-bond acceptors (Lipinski definition) is 8. The molecule has 8 nitrogen and oxygen atoms in total. The zero-order valence-electron chi connectivity index (χ0n) is 19.6. The van der Waals surface area contributed by atoms with Crippen molar-refractivity contribution in [3.63, 3.8) is 0 Å². The Morgan fingerprint density at radius 2 is 2.03 bits per heavy atom. The number of aliphatic hydroxyl groups is 1. The maximum atomic E-state index is 9.53. The maximum absolute atomic E-state index is 9.53. The van der Waals surface area contributed by atoms with Gasteiger partial charge in [-0.25, -0.2) is 9.98 Å². The Hall–Kier alpha value is -3.10. The van der Waals surface area contributed by atoms with Crippen LogP contribution in [0, 0.1) is 6.92 Å². The number of morpholine rings is 1. The standard InChI is InChI=1S/C25H33N5O3/c1-4-33-22-15-20(14-21(16-22)30-9-11-32-12-10-30)27-25-26-8-7-24(28-25)29(3)23-13-19(17-31)6-5-18(23)2/h5-6,8,13-16,24,31H,4,7,9-12,17H2,1-3H3,(H,27,28). The lowest BCUT2D eigenvalue weighted by atomic mass is 10.1. The summed E-state index contributed by atoms with van der Waals surface area (Å²) in [6, 6.07) is 12.2. The molecule has 0 saturated carbocycles. The second kappa shape index (κ2) is 10.7. The zero-order valence-corrected chi connectivity index (χ0v) is 19.6. The second-order valence-electron chi connectivity index (χ2n) is 8.24. The number of aliphatic imine (C=N–C) groups is 2. The molecule has 2 N–H and O–H groups in total. The minimum Gasteiger partial charge on any atom is -0.494 e. The van der Waals surface area contributed by atoms with Crippen LogP contribution in [0.25, 0.3) is 0 Å². The van der Waals surface area contributed by atoms with Crippen molar-refractivity contribution in [3.05, 3.63) is 47.5 Å². The van der Waals surface area contributed by atoms with Gasteiger partial charge in [-0.1, -0.05) is 12.1 Å². The second-order valence-corrected chi connectivity index (χ2v) is 8.24. The molecule has 0 amide bonds. The smallest absolute Gasteiger partial charge is 0.224 e. The fourth-order valence-corrected chi connectivity index (χ4v) is 4.10. The molecule has 1 atom stereocenters. The molecule has 0 spiro atoms. The van der Waals surface area contributed by atoms with Gasteiger partial charge in [0.15, 0.2) is 0 Å². The van der Waals surface area contributed by atoms with Crippen LogP contribution < -0.4 is 19.9 Å². The highest BCUT2D eigenvalue weighted by atomic mass is 16.5. The molecule has 1 saturated heterocycles. The number of nitrogens with zero attached hydrogens (tertiary/aromatic N) is 4. The number of hydrogen-bond donors (Lipinski definition) is 2. The third kappa shape index (κ3) is 5.64. The van der Waals surface area contributed by atoms with Gasteiger partial charge in [-0.3, -0.25) is 0 Å². The van der Waals surface area contributed by atoms with Crippen LogP contribution in [0.4, 0.5) is 17.1 Å². The lowest BCUT2D eigenvalue weighted by molar-refractivity contribution is 0.122. The van der Waals surface area contributed by atoms with Gasteiger partial charge < -0.3 is 29.7 Å². The van der Waals surface area contributed by atoms with E-state index in [1.165, 1.54) is 0 Å². The molecule has 33 heavy (non-hydrogen) atoms. The van der Waals surface area contributed by atoms with E-state index in [0.29, 0.717) is 19.0 Å². The Balaban J connectivity index is 1.55. The summed E-state index contributed by atoms with van der Waals surface area (Å²) in [6.07, 6.45) is 2.52. The first-order valence-corrected chi connectivity index (χ1v) is 11.5. The first-order valence-electron chi connectivity index (χ1n) is 11.5. The van der Waals surface area contributed by atoms with E-state index in [1.54, 1.807) is 0 Å². The number of aryl methyl sites for hydroxylation is 1. The van der Waals surface area contributed by atoms with E-state index in [4.69, 9.17) is 14.5 Å². The summed E-state index contributed by atoms with van der Waals surface area (Å²) in [4.78, 5) is 13.8. The van der Waals surface area contributed by atoms with E-state index in [9.17, 15) is 5.11 Å². The van der Waals surface area contributed by atoms with Gasteiger partial charge >= 0.3 is 0 Å². The number of nitrogens with one attached hydrogen (secondary N) is 1. The summed E-state index contributed by atoms with van der Waals surface area (Å²) >= 11 is 0. The fourth-order valence-electron chi connectivity index (χ4n) is 4.10. The molecule has 2 aliphatic rings. The van der Waals surface area contributed by atoms with Crippen molar-refractivity contribution >= 4 is 29.2 Å². The van der Waals surface area contributed by atoms with E-state index >= 15 is 0 Å². The minimum atomic E-state index is -0.0913. The third-order valence-electron chi connectivity index (χ3n) is 5.92. The molecular formula is C25H33N5O3. The minimum absolute atomic E-state index is 0.0188. The molecule has 2 aromatic carbocycles. The largest absolute Gasteiger partial charge is 0.494 e. The Bertz CT molecular complexity index is 1020. The molecule has 0 aromatic heterocycles. The summed E-state index contributed by atoms with van der Waals surface area (Å²) in [5.41, 5.74) is 5.06. The number of guanidine groups is 1. The number of ether oxygens (including phenoxy) is 2. The highest BCUT2D eigenvalue weighted by molar-refractivity contribution is 6.00. The van der Waals surface area contributed by atoms with E-state index in [2.05, 4.69) is 39.2 Å². The first-order chi connectivity index (χ1) is 16.1. The van der Waals surface area contributed by atoms with Crippen LogP contribution in [0.3, 0.4) is 0 Å². The van der Waals surface area contributed by atoms with Gasteiger partial charge in [0, 0.05) is 62.0 Å². The van der Waals surface area contributed by atoms with E-state index in [1.807, 2.05) is 44.5 Å². The van der Waals surface area contributed by atoms with Crippen molar-refractivity contribution in [2.75, 3.05) is 55.1 Å². The van der Waals surface area contributed by atoms with Crippen molar-refractivity contribution in [1.82, 2.24) is 0 Å². The molecule has 2 aliphatic heterocycles. The lowest BCUT2D eigenvalue weighted by Crippen LogP contribution is -2.36. The monoisotopic (exact) mass is 451 g/mol. The Kier molecular flexibility index (Phi) is 7.47. The van der Waals surface area contributed by atoms with Crippen LogP contribution in [0.5, 0.6) is 5.75 Å². The molecular weight excluding hydrogens is 418 g/mol. The first kappa shape index (κ1) is 23.1. The van der Waals surface area contributed by atoms with Gasteiger partial charge in [0.25, 0.3) is 0 Å². The summed E-state index contributed by atoms with van der Waals surface area (Å²) in [5.74, 6) is 1.38. The van der Waals surface area contributed by atoms with Gasteiger partial charge in [0.2, 0.25) is 5.96 Å². The molecule has 0 radical (unpaired) electrons. The fraction of sp³-hybridized carbons (Fsp3) is 0.440. The molecule has 4 rings (SSSR count). The Morgan fingerprint density at radius 3 is 2.79 bits per heavy atom. The average Bonchev–Trinajstić information content (AvgIpc) is 2.85. The van der Waals surface area contributed by atoms with Crippen molar-refractivity contribution in [3.8, 4) is 5.75 Å². The highest BCUT2D eigenvalue weighted by Gasteiger charge is 2.20. The van der Waals surface area contributed by atoms with Crippen LogP contribution in [0.1, 0.15) is 24.5 Å². The number of anilines is 3. The number of aliphatic hydroxyl groups excluding tert-OH is 1. The molecule has 8 heteroatoms. The highest BCUT2D eigenvalue weighted by Crippen LogP contribution is 2.29. The van der Waals surface area contributed by atoms with Gasteiger partial charge in [-0.05, 0) is 37.1 Å². The summed E-state index contributed by atoms with van der Waals surface area (Å²) in [7, 11) is 2.03. The van der Waals surface area contributed by atoms with E-state index in [-0.39, 0.29) is 12.8 Å². The average molecular weight is 452 g/mol. The van der Waals surface area contributed by atoms with Crippen LogP contribution in [0.15, 0.2) is 46.4 Å². The van der Waals surface area contributed by atoms with Crippen molar-refractivity contribution < 1.29 is 14.6 Å². The zero-order chi connectivity index (χ0) is 23.2. The van der Waals surface area contributed by atoms with Gasteiger partial charge in [0.1, 0.15) is 11.9 Å². The van der Waals surface area contributed by atoms with Crippen molar-refractivity contribution in [1.29, 1.82) is 0 Å². The van der Waals surface area contributed by atoms with Crippen molar-refractivity contribution in [2.45, 2.75) is 33.0 Å². The normalized spacial score (nSPS) is 18.1. The van der Waals surface area contributed by atoms with E-state index < -0.39 is 0 Å². The van der Waals surface area contributed by atoms with Gasteiger partial charge in [-0.2, -0.15) is 0 Å². The molecule has 1 fully saturated rings. The molecule has 0 aliphatic carbocycles. The van der Waals surface area contributed by atoms with Gasteiger partial charge in [0.05, 0.1) is 26.4 Å². The SMILES string of the molecule is CCOc1cc(NC2=NC(N(C)c3cc(CO)ccc3C)CC=N2)cc(N2CCOCC2)c1. The summed E-state index contributed by atoms with van der Waals surface area (Å²) in [5, 5.41) is 12.9. The Morgan fingerprint density at radius 1 is 1.21 bits per heavy atom. The molecule has 2 aromatic rings. The molecule has 0 bridgehead atoms. The van der Waals surface area contributed by atoms with Crippen LogP contribution in [0.2, 0.25) is 0 Å². The molecule has 2 heterocycles. The van der Waals surface area contributed by atoms with Crippen LogP contribution in [-0.4, -0.2) is 63.4 Å². The van der Waals surface area contributed by atoms with Crippen LogP contribution >= 0.6 is 0 Å². The predicted octanol–water partition coefficient (Wildman–Crippen LogP) is 3.43. The van der Waals surface area contributed by atoms with Crippen molar-refractivity contribution in [2.24, 2.45) is 9.98 Å². The van der Waals surface area contributed by atoms with Crippen LogP contribution in [-0.2, 0) is 11.3 Å². The lowest BCUT2D eigenvalue weighted by Gasteiger charge is -2.30. The van der Waals surface area contributed by atoms with Gasteiger partial charge in [-0.15, -0.1) is 0 Å². The maximum Gasteiger partial charge on any atom is 0.224 e. The summed E-state index contributed by atoms with van der Waals surface area (Å²) < 4.78 is 11.3.